The fourth-order valence-electron chi connectivity index (χ4n) is 5.56. The Morgan fingerprint density at radius 2 is 1.25 bits per heavy atom. The van der Waals surface area contributed by atoms with Crippen LogP contribution in [0.15, 0.2) is 109 Å². The van der Waals surface area contributed by atoms with Gasteiger partial charge in [0.15, 0.2) is 0 Å². The number of hydrogen-bond acceptors (Lipinski definition) is 5. The van der Waals surface area contributed by atoms with E-state index in [9.17, 15) is 0 Å². The molecule has 0 aliphatic carbocycles. The number of ether oxygens (including phenoxy) is 3. The van der Waals surface area contributed by atoms with E-state index in [1.807, 2.05) is 18.2 Å². The Kier molecular flexibility index (Phi) is 13.9. The summed E-state index contributed by atoms with van der Waals surface area (Å²) >= 11 is 4.20. The first-order valence-corrected chi connectivity index (χ1v) is 19.6. The predicted molar refractivity (Wildman–Crippen MR) is 198 cm³/mol. The molecule has 0 N–H and O–H groups in total. The SMILES string of the molecule is CCCCC/C=C\CC1(/C=C/C=C/C[P+](c2cccc(OC)c2)(c2cccc(OC)c2)c2cccc(OC)c2)SCCCS1. The van der Waals surface area contributed by atoms with Crippen LogP contribution in [0.4, 0.5) is 0 Å². The largest absolute Gasteiger partial charge is 0.497 e. The van der Waals surface area contributed by atoms with Gasteiger partial charge < -0.3 is 14.2 Å². The van der Waals surface area contributed by atoms with E-state index >= 15 is 0 Å². The van der Waals surface area contributed by atoms with E-state index < -0.39 is 7.26 Å². The van der Waals surface area contributed by atoms with Gasteiger partial charge in [-0.1, -0.05) is 68.3 Å². The molecule has 0 radical (unpaired) electrons. The molecular weight excluding hydrogens is 600 g/mol. The van der Waals surface area contributed by atoms with Crippen molar-refractivity contribution in [3.8, 4) is 17.2 Å². The highest BCUT2D eigenvalue weighted by Gasteiger charge is 2.45. The number of benzene rings is 3. The van der Waals surface area contributed by atoms with Gasteiger partial charge in [-0.2, -0.15) is 0 Å². The van der Waals surface area contributed by atoms with Crippen molar-refractivity contribution in [2.24, 2.45) is 0 Å². The quantitative estimate of drug-likeness (QED) is 0.0669. The van der Waals surface area contributed by atoms with Gasteiger partial charge in [-0.05, 0) is 79.7 Å². The zero-order valence-corrected chi connectivity index (χ0v) is 29.3. The summed E-state index contributed by atoms with van der Waals surface area (Å²) in [6.07, 6.45) is 22.4. The fraction of sp³-hybridized carbons (Fsp3) is 0.368. The molecule has 1 saturated heterocycles. The van der Waals surface area contributed by atoms with E-state index in [1.165, 1.54) is 59.5 Å². The topological polar surface area (TPSA) is 27.7 Å². The molecule has 0 bridgehead atoms. The number of hydrogen-bond donors (Lipinski definition) is 0. The van der Waals surface area contributed by atoms with Gasteiger partial charge in [-0.25, -0.2) is 0 Å². The summed E-state index contributed by atoms with van der Waals surface area (Å²) in [5, 5.41) is 3.78. The molecular formula is C38H48O3PS2+. The van der Waals surface area contributed by atoms with Gasteiger partial charge in [0.25, 0.3) is 0 Å². The Morgan fingerprint density at radius 3 is 1.75 bits per heavy atom. The third-order valence-corrected chi connectivity index (χ3v) is 15.5. The molecule has 1 aliphatic rings. The summed E-state index contributed by atoms with van der Waals surface area (Å²) in [4.78, 5) is 0. The molecule has 234 valence electrons. The maximum Gasteiger partial charge on any atom is 0.122 e. The van der Waals surface area contributed by atoms with Crippen molar-refractivity contribution in [3.63, 3.8) is 0 Å². The van der Waals surface area contributed by atoms with Crippen molar-refractivity contribution >= 4 is 46.7 Å². The second kappa shape index (κ2) is 17.8. The summed E-state index contributed by atoms with van der Waals surface area (Å²) in [5.41, 5.74) is 0. The Hall–Kier alpha value is -2.59. The molecule has 0 amide bonds. The highest BCUT2D eigenvalue weighted by atomic mass is 32.2. The minimum atomic E-state index is -2.18. The third kappa shape index (κ3) is 8.99. The van der Waals surface area contributed by atoms with Gasteiger partial charge in [-0.15, -0.1) is 23.5 Å². The van der Waals surface area contributed by atoms with Crippen LogP contribution in [-0.2, 0) is 0 Å². The molecule has 1 aliphatic heterocycles. The standard InChI is InChI=1S/C38H48O3PS2/c1-5-6-7-8-9-11-24-38(43-27-17-28-44-38)25-12-10-13-26-42(35-21-14-18-32(29-35)39-2,36-22-15-19-33(30-36)40-3)37-23-16-20-34(31-37)41-4/h9-16,18-23,25,29-31H,5-8,17,24,26-28H2,1-4H3/q+1/b11-9-,13-10+,25-12+. The minimum absolute atomic E-state index is 0.114. The number of rotatable bonds is 16. The van der Waals surface area contributed by atoms with Gasteiger partial charge >= 0.3 is 0 Å². The lowest BCUT2D eigenvalue weighted by Gasteiger charge is -2.32. The Labute approximate surface area is 274 Å². The van der Waals surface area contributed by atoms with Crippen molar-refractivity contribution in [2.75, 3.05) is 39.0 Å². The van der Waals surface area contributed by atoms with Gasteiger partial charge in [0.2, 0.25) is 0 Å². The third-order valence-electron chi connectivity index (χ3n) is 7.98. The molecule has 0 atom stereocenters. The van der Waals surface area contributed by atoms with Gasteiger partial charge in [0.1, 0.15) is 40.4 Å². The van der Waals surface area contributed by atoms with Gasteiger partial charge in [-0.3, -0.25) is 0 Å². The maximum absolute atomic E-state index is 5.72. The van der Waals surface area contributed by atoms with E-state index in [0.717, 1.165) is 29.8 Å². The number of allylic oxidation sites excluding steroid dienone is 5. The van der Waals surface area contributed by atoms with E-state index in [4.69, 9.17) is 14.2 Å². The number of unbranched alkanes of at least 4 members (excludes halogenated alkanes) is 3. The fourth-order valence-corrected chi connectivity index (χ4v) is 12.6. The smallest absolute Gasteiger partial charge is 0.122 e. The zero-order chi connectivity index (χ0) is 31.1. The summed E-state index contributed by atoms with van der Waals surface area (Å²) in [7, 11) is 3.03. The van der Waals surface area contributed by atoms with Crippen LogP contribution in [0.25, 0.3) is 0 Å². The van der Waals surface area contributed by atoms with E-state index in [1.54, 1.807) is 21.3 Å². The summed E-state index contributed by atoms with van der Waals surface area (Å²) in [6, 6.07) is 25.7. The van der Waals surface area contributed by atoms with Crippen LogP contribution in [0.2, 0.25) is 0 Å². The molecule has 0 saturated carbocycles. The van der Waals surface area contributed by atoms with Gasteiger partial charge in [0, 0.05) is 18.2 Å². The summed E-state index contributed by atoms with van der Waals surface area (Å²) in [6.45, 7) is 2.27. The molecule has 44 heavy (non-hydrogen) atoms. The number of methoxy groups -OCH3 is 3. The molecule has 4 rings (SSSR count). The van der Waals surface area contributed by atoms with Gasteiger partial charge in [0.05, 0.1) is 31.6 Å². The minimum Gasteiger partial charge on any atom is -0.497 e. The van der Waals surface area contributed by atoms with Crippen molar-refractivity contribution in [3.05, 3.63) is 109 Å². The van der Waals surface area contributed by atoms with Crippen molar-refractivity contribution in [1.29, 1.82) is 0 Å². The Morgan fingerprint density at radius 1 is 0.705 bits per heavy atom. The molecule has 0 unspecified atom stereocenters. The molecule has 3 nitrogen and oxygen atoms in total. The molecule has 6 heteroatoms. The average molecular weight is 648 g/mol. The van der Waals surface area contributed by atoms with Crippen molar-refractivity contribution < 1.29 is 14.2 Å². The lowest BCUT2D eigenvalue weighted by Crippen LogP contribution is -2.33. The molecule has 3 aromatic rings. The Balaban J connectivity index is 1.71. The first-order valence-electron chi connectivity index (χ1n) is 15.7. The zero-order valence-electron chi connectivity index (χ0n) is 26.7. The highest BCUT2D eigenvalue weighted by molar-refractivity contribution is 8.19. The van der Waals surface area contributed by atoms with Crippen molar-refractivity contribution in [2.45, 2.75) is 49.5 Å². The molecule has 1 heterocycles. The normalized spacial score (nSPS) is 15.3. The number of thioether (sulfide) groups is 2. The summed E-state index contributed by atoms with van der Waals surface area (Å²) < 4.78 is 17.3. The average Bonchev–Trinajstić information content (AvgIpc) is 3.08. The van der Waals surface area contributed by atoms with E-state index in [0.29, 0.717) is 0 Å². The van der Waals surface area contributed by atoms with Crippen LogP contribution >= 0.6 is 30.8 Å². The van der Waals surface area contributed by atoms with E-state index in [-0.39, 0.29) is 4.08 Å². The lowest BCUT2D eigenvalue weighted by atomic mass is 10.2. The first-order chi connectivity index (χ1) is 21.6. The van der Waals surface area contributed by atoms with E-state index in [2.05, 4.69) is 122 Å². The van der Waals surface area contributed by atoms with Crippen LogP contribution < -0.4 is 30.1 Å². The van der Waals surface area contributed by atoms with Crippen LogP contribution in [0.1, 0.15) is 45.4 Å². The second-order valence-electron chi connectivity index (χ2n) is 10.9. The second-order valence-corrected chi connectivity index (χ2v) is 17.6. The predicted octanol–water partition coefficient (Wildman–Crippen LogP) is 9.21. The van der Waals surface area contributed by atoms with Crippen LogP contribution in [0.5, 0.6) is 17.2 Å². The molecule has 1 fully saturated rings. The van der Waals surface area contributed by atoms with Crippen molar-refractivity contribution in [1.82, 2.24) is 0 Å². The lowest BCUT2D eigenvalue weighted by molar-refractivity contribution is 0.415. The van der Waals surface area contributed by atoms with Crippen LogP contribution in [-0.4, -0.2) is 43.1 Å². The molecule has 0 aromatic heterocycles. The maximum atomic E-state index is 5.72. The first kappa shape index (κ1) is 34.3. The van der Waals surface area contributed by atoms with Crippen LogP contribution in [0, 0.1) is 0 Å². The van der Waals surface area contributed by atoms with Crippen LogP contribution in [0.3, 0.4) is 0 Å². The summed E-state index contributed by atoms with van der Waals surface area (Å²) in [5.74, 6) is 5.02. The molecule has 0 spiro atoms. The highest BCUT2D eigenvalue weighted by Crippen LogP contribution is 2.56. The Bertz CT molecular complexity index is 1280. The monoisotopic (exact) mass is 647 g/mol. The molecule has 3 aromatic carbocycles.